The van der Waals surface area contributed by atoms with Crippen LogP contribution in [0.2, 0.25) is 0 Å². The van der Waals surface area contributed by atoms with Gasteiger partial charge in [-0.1, -0.05) is 0 Å². The van der Waals surface area contributed by atoms with Crippen LogP contribution in [0.25, 0.3) is 10.9 Å². The number of halogens is 2. The van der Waals surface area contributed by atoms with Crippen LogP contribution < -0.4 is 11.2 Å². The van der Waals surface area contributed by atoms with Crippen LogP contribution in [-0.4, -0.2) is 16.3 Å². The van der Waals surface area contributed by atoms with E-state index in [4.69, 9.17) is 5.73 Å². The Balaban J connectivity index is 2.50. The SMILES string of the molecule is NC(=S)NN=Cc1c(F)cc2ncccc2c1F. The molecule has 2 rings (SSSR count). The van der Waals surface area contributed by atoms with Crippen molar-refractivity contribution < 1.29 is 8.78 Å². The highest BCUT2D eigenvalue weighted by atomic mass is 32.1. The van der Waals surface area contributed by atoms with Crippen molar-refractivity contribution >= 4 is 34.4 Å². The zero-order valence-electron chi connectivity index (χ0n) is 9.02. The first-order chi connectivity index (χ1) is 8.59. The topological polar surface area (TPSA) is 63.3 Å². The lowest BCUT2D eigenvalue weighted by molar-refractivity contribution is 0.588. The lowest BCUT2D eigenvalue weighted by Crippen LogP contribution is -2.24. The van der Waals surface area contributed by atoms with E-state index < -0.39 is 11.6 Å². The van der Waals surface area contributed by atoms with Gasteiger partial charge in [0, 0.05) is 17.6 Å². The fourth-order valence-corrected chi connectivity index (χ4v) is 1.50. The normalized spacial score (nSPS) is 11.0. The van der Waals surface area contributed by atoms with Crippen molar-refractivity contribution in [2.24, 2.45) is 10.8 Å². The molecule has 0 atom stereocenters. The molecule has 1 aromatic heterocycles. The largest absolute Gasteiger partial charge is 0.375 e. The molecular weight excluding hydrogens is 258 g/mol. The fraction of sp³-hybridized carbons (Fsp3) is 0. The number of hydrazone groups is 1. The molecular formula is C11H8F2N4S. The van der Waals surface area contributed by atoms with Crippen LogP contribution in [0.15, 0.2) is 29.5 Å². The Labute approximate surface area is 107 Å². The highest BCUT2D eigenvalue weighted by Crippen LogP contribution is 2.21. The third kappa shape index (κ3) is 2.40. The molecule has 92 valence electrons. The summed E-state index contributed by atoms with van der Waals surface area (Å²) in [5.74, 6) is -1.49. The van der Waals surface area contributed by atoms with Crippen LogP contribution in [0.1, 0.15) is 5.56 Å². The molecule has 3 N–H and O–H groups in total. The van der Waals surface area contributed by atoms with Gasteiger partial charge in [-0.2, -0.15) is 5.10 Å². The number of benzene rings is 1. The van der Waals surface area contributed by atoms with E-state index >= 15 is 0 Å². The van der Waals surface area contributed by atoms with Gasteiger partial charge in [-0.3, -0.25) is 10.4 Å². The molecule has 1 heterocycles. The van der Waals surface area contributed by atoms with E-state index in [1.165, 1.54) is 12.3 Å². The molecule has 1 aromatic carbocycles. The number of fused-ring (bicyclic) bond motifs is 1. The Morgan fingerprint density at radius 3 is 3.00 bits per heavy atom. The van der Waals surface area contributed by atoms with E-state index in [2.05, 4.69) is 27.7 Å². The van der Waals surface area contributed by atoms with E-state index in [0.29, 0.717) is 0 Å². The highest BCUT2D eigenvalue weighted by Gasteiger charge is 2.12. The number of rotatable bonds is 2. The second-order valence-electron chi connectivity index (χ2n) is 3.39. The summed E-state index contributed by atoms with van der Waals surface area (Å²) >= 11 is 4.51. The van der Waals surface area contributed by atoms with Crippen molar-refractivity contribution in [1.82, 2.24) is 10.4 Å². The van der Waals surface area contributed by atoms with Gasteiger partial charge in [0.1, 0.15) is 11.6 Å². The summed E-state index contributed by atoms with van der Waals surface area (Å²) in [5.41, 5.74) is 7.32. The molecule has 0 fully saturated rings. The molecule has 0 spiro atoms. The number of nitrogens with one attached hydrogen (secondary N) is 1. The molecule has 0 aliphatic rings. The molecule has 7 heteroatoms. The lowest BCUT2D eigenvalue weighted by Gasteiger charge is -2.03. The summed E-state index contributed by atoms with van der Waals surface area (Å²) in [6.07, 6.45) is 2.44. The van der Waals surface area contributed by atoms with Gasteiger partial charge in [-0.15, -0.1) is 0 Å². The molecule has 18 heavy (non-hydrogen) atoms. The highest BCUT2D eigenvalue weighted by molar-refractivity contribution is 7.80. The average Bonchev–Trinajstić information content (AvgIpc) is 2.33. The van der Waals surface area contributed by atoms with Crippen molar-refractivity contribution in [2.45, 2.75) is 0 Å². The van der Waals surface area contributed by atoms with Crippen LogP contribution in [0, 0.1) is 11.6 Å². The van der Waals surface area contributed by atoms with E-state index in [0.717, 1.165) is 12.3 Å². The third-order valence-electron chi connectivity index (χ3n) is 2.20. The predicted molar refractivity (Wildman–Crippen MR) is 69.2 cm³/mol. The molecule has 0 aliphatic heterocycles. The summed E-state index contributed by atoms with van der Waals surface area (Å²) in [6.45, 7) is 0. The smallest absolute Gasteiger partial charge is 0.184 e. The van der Waals surface area contributed by atoms with Crippen molar-refractivity contribution in [3.05, 3.63) is 41.6 Å². The van der Waals surface area contributed by atoms with E-state index in [9.17, 15) is 8.78 Å². The summed E-state index contributed by atoms with van der Waals surface area (Å²) < 4.78 is 27.6. The van der Waals surface area contributed by atoms with Gasteiger partial charge in [0.2, 0.25) is 0 Å². The second kappa shape index (κ2) is 5.01. The molecule has 0 unspecified atom stereocenters. The Hall–Kier alpha value is -2.15. The minimum Gasteiger partial charge on any atom is -0.375 e. The summed E-state index contributed by atoms with van der Waals surface area (Å²) in [7, 11) is 0. The van der Waals surface area contributed by atoms with Crippen LogP contribution >= 0.6 is 12.2 Å². The maximum absolute atomic E-state index is 14.0. The summed E-state index contributed by atoms with van der Waals surface area (Å²) in [6, 6.07) is 4.22. The maximum Gasteiger partial charge on any atom is 0.184 e. The zero-order chi connectivity index (χ0) is 13.1. The standard InChI is InChI=1S/C11H8F2N4S/c12-8-4-9-6(2-1-3-15-9)10(13)7(8)5-16-17-11(14)18/h1-5H,(H3,14,17,18). The van der Waals surface area contributed by atoms with Gasteiger partial charge < -0.3 is 5.73 Å². The molecule has 0 saturated heterocycles. The van der Waals surface area contributed by atoms with Crippen LogP contribution in [0.5, 0.6) is 0 Å². The summed E-state index contributed by atoms with van der Waals surface area (Å²) in [4.78, 5) is 3.87. The number of hydrogen-bond acceptors (Lipinski definition) is 3. The van der Waals surface area contributed by atoms with Gasteiger partial charge in [0.15, 0.2) is 5.11 Å². The molecule has 0 radical (unpaired) electrons. The molecule has 0 saturated carbocycles. The van der Waals surface area contributed by atoms with Crippen molar-refractivity contribution in [1.29, 1.82) is 0 Å². The predicted octanol–water partition coefficient (Wildman–Crippen LogP) is 1.68. The molecule has 4 nitrogen and oxygen atoms in total. The summed E-state index contributed by atoms with van der Waals surface area (Å²) in [5, 5.41) is 3.66. The van der Waals surface area contributed by atoms with Gasteiger partial charge in [-0.05, 0) is 24.4 Å². The fourth-order valence-electron chi connectivity index (χ4n) is 1.44. The van der Waals surface area contributed by atoms with Crippen molar-refractivity contribution in [3.8, 4) is 0 Å². The van der Waals surface area contributed by atoms with Gasteiger partial charge in [-0.25, -0.2) is 8.78 Å². The maximum atomic E-state index is 14.0. The van der Waals surface area contributed by atoms with E-state index in [1.807, 2.05) is 0 Å². The minimum absolute atomic E-state index is 0.0884. The van der Waals surface area contributed by atoms with Gasteiger partial charge in [0.25, 0.3) is 0 Å². The number of pyridine rings is 1. The first-order valence-electron chi connectivity index (χ1n) is 4.91. The number of nitrogens with zero attached hydrogens (tertiary/aromatic N) is 2. The number of aromatic nitrogens is 1. The Bertz CT molecular complexity index is 642. The van der Waals surface area contributed by atoms with Crippen LogP contribution in [0.4, 0.5) is 8.78 Å². The first-order valence-corrected chi connectivity index (χ1v) is 5.31. The van der Waals surface area contributed by atoms with Crippen LogP contribution in [0.3, 0.4) is 0 Å². The van der Waals surface area contributed by atoms with Crippen LogP contribution in [-0.2, 0) is 0 Å². The molecule has 0 aliphatic carbocycles. The van der Waals surface area contributed by atoms with Crippen molar-refractivity contribution in [2.75, 3.05) is 0 Å². The Morgan fingerprint density at radius 2 is 2.28 bits per heavy atom. The number of nitrogens with two attached hydrogens (primary N) is 1. The van der Waals surface area contributed by atoms with Gasteiger partial charge >= 0.3 is 0 Å². The Morgan fingerprint density at radius 1 is 1.50 bits per heavy atom. The second-order valence-corrected chi connectivity index (χ2v) is 3.83. The zero-order valence-corrected chi connectivity index (χ0v) is 9.84. The average molecular weight is 266 g/mol. The van der Waals surface area contributed by atoms with Crippen molar-refractivity contribution in [3.63, 3.8) is 0 Å². The lowest BCUT2D eigenvalue weighted by atomic mass is 10.1. The minimum atomic E-state index is -0.757. The molecule has 0 bridgehead atoms. The van der Waals surface area contributed by atoms with Gasteiger partial charge in [0.05, 0.1) is 17.3 Å². The quantitative estimate of drug-likeness (QED) is 0.493. The number of thiocarbonyl (C=S) groups is 1. The van der Waals surface area contributed by atoms with E-state index in [-0.39, 0.29) is 21.6 Å². The first kappa shape index (κ1) is 12.3. The Kier molecular flexibility index (Phi) is 3.42. The molecule has 0 amide bonds. The molecule has 2 aromatic rings. The third-order valence-corrected chi connectivity index (χ3v) is 2.29. The van der Waals surface area contributed by atoms with E-state index in [1.54, 1.807) is 6.07 Å². The monoisotopic (exact) mass is 266 g/mol. The number of hydrogen-bond donors (Lipinski definition) is 2.